The third-order valence-corrected chi connectivity index (χ3v) is 6.85. The molecule has 0 fully saturated rings. The van der Waals surface area contributed by atoms with Crippen molar-refractivity contribution >= 4 is 28.8 Å². The highest BCUT2D eigenvalue weighted by Gasteiger charge is 2.33. The first kappa shape index (κ1) is 32.1. The van der Waals surface area contributed by atoms with Crippen LogP contribution in [-0.4, -0.2) is 72.2 Å². The second-order valence-electron chi connectivity index (χ2n) is 9.54. The lowest BCUT2D eigenvalue weighted by atomic mass is 10.1. The number of carbonyl (C=O) groups excluding carboxylic acids is 1. The van der Waals surface area contributed by atoms with E-state index in [1.807, 2.05) is 19.0 Å². The number of aromatic nitrogens is 3. The molecule has 0 aliphatic carbocycles. The van der Waals surface area contributed by atoms with Crippen LogP contribution in [0.15, 0.2) is 30.6 Å². The van der Waals surface area contributed by atoms with Crippen molar-refractivity contribution in [2.75, 3.05) is 51.1 Å². The molecule has 3 rings (SSSR count). The molecule has 1 N–H and O–H groups in total. The molecule has 0 spiro atoms. The minimum absolute atomic E-state index is 0.0741. The molecule has 2 aromatic heterocycles. The maximum Gasteiger partial charge on any atom is 0.434 e. The Morgan fingerprint density at radius 1 is 1.05 bits per heavy atom. The third kappa shape index (κ3) is 9.56. The van der Waals surface area contributed by atoms with E-state index in [1.54, 1.807) is 37.1 Å². The summed E-state index contributed by atoms with van der Waals surface area (Å²) in [6.45, 7) is 2.22. The van der Waals surface area contributed by atoms with Crippen molar-refractivity contribution in [3.05, 3.63) is 58.1 Å². The van der Waals surface area contributed by atoms with Crippen molar-refractivity contribution < 1.29 is 35.9 Å². The van der Waals surface area contributed by atoms with Crippen LogP contribution in [0.4, 0.5) is 37.7 Å². The smallest absolute Gasteiger partial charge is 0.434 e. The number of rotatable bonds is 12. The first-order valence-corrected chi connectivity index (χ1v) is 13.3. The number of benzene rings is 1. The Kier molecular flexibility index (Phi) is 10.5. The first-order chi connectivity index (χ1) is 19.1. The number of hydrogen-bond donors (Lipinski definition) is 1. The second kappa shape index (κ2) is 13.5. The SMILES string of the molecule is Cc1nsc(Cc2cnc(C(F)(F)F)cn2)c1C(=O)Nc1ccc(N(C)C)c(OCCCN(C)CCC(F)(F)F)c1. The Hall–Kier alpha value is -3.46. The predicted molar refractivity (Wildman–Crippen MR) is 144 cm³/mol. The molecule has 0 bridgehead atoms. The van der Waals surface area contributed by atoms with E-state index in [0.29, 0.717) is 41.2 Å². The Balaban J connectivity index is 1.67. The standard InChI is InChI=1S/C26H30F6N6O2S/c1-16-23(21(41-36-16)13-18-14-34-22(15-33-18)26(30,31)32)24(39)35-17-6-7-19(37(2)3)20(12-17)40-11-5-9-38(4)10-8-25(27,28)29/h6-7,12,14-15H,5,8-11,13H2,1-4H3,(H,35,39). The van der Waals surface area contributed by atoms with Crippen molar-refractivity contribution in [3.63, 3.8) is 0 Å². The van der Waals surface area contributed by atoms with Crippen molar-refractivity contribution in [2.24, 2.45) is 0 Å². The summed E-state index contributed by atoms with van der Waals surface area (Å²) in [6, 6.07) is 5.11. The minimum atomic E-state index is -4.60. The first-order valence-electron chi connectivity index (χ1n) is 12.5. The number of ether oxygens (including phenoxy) is 1. The fourth-order valence-corrected chi connectivity index (χ4v) is 4.68. The fraction of sp³-hybridized carbons (Fsp3) is 0.462. The lowest BCUT2D eigenvalue weighted by Gasteiger charge is -2.20. The topological polar surface area (TPSA) is 83.5 Å². The van der Waals surface area contributed by atoms with E-state index in [1.165, 1.54) is 0 Å². The van der Waals surface area contributed by atoms with Crippen molar-refractivity contribution in [1.29, 1.82) is 0 Å². The van der Waals surface area contributed by atoms with E-state index < -0.39 is 30.4 Å². The van der Waals surface area contributed by atoms with E-state index in [4.69, 9.17) is 4.74 Å². The van der Waals surface area contributed by atoms with Gasteiger partial charge >= 0.3 is 12.4 Å². The van der Waals surface area contributed by atoms with E-state index >= 15 is 0 Å². The molecule has 8 nitrogen and oxygen atoms in total. The zero-order valence-corrected chi connectivity index (χ0v) is 23.7. The second-order valence-corrected chi connectivity index (χ2v) is 10.4. The van der Waals surface area contributed by atoms with Gasteiger partial charge in [0.25, 0.3) is 5.91 Å². The number of carbonyl (C=O) groups is 1. The molecule has 224 valence electrons. The maximum atomic E-state index is 13.2. The van der Waals surface area contributed by atoms with Crippen molar-refractivity contribution in [1.82, 2.24) is 19.2 Å². The average Bonchev–Trinajstić information content (AvgIpc) is 3.24. The normalized spacial score (nSPS) is 12.1. The summed E-state index contributed by atoms with van der Waals surface area (Å²) in [4.78, 5) is 24.4. The van der Waals surface area contributed by atoms with Gasteiger partial charge in [0.2, 0.25) is 0 Å². The van der Waals surface area contributed by atoms with Crippen LogP contribution >= 0.6 is 11.5 Å². The summed E-state index contributed by atoms with van der Waals surface area (Å²) < 4.78 is 85.8. The molecule has 0 radical (unpaired) electrons. The maximum absolute atomic E-state index is 13.2. The van der Waals surface area contributed by atoms with Gasteiger partial charge in [0, 0.05) is 56.4 Å². The lowest BCUT2D eigenvalue weighted by molar-refractivity contribution is -0.141. The molecule has 0 aliphatic rings. The van der Waals surface area contributed by atoms with Gasteiger partial charge in [-0.05, 0) is 44.1 Å². The van der Waals surface area contributed by atoms with Crippen molar-refractivity contribution in [3.8, 4) is 5.75 Å². The van der Waals surface area contributed by atoms with Crippen LogP contribution in [0.5, 0.6) is 5.75 Å². The summed E-state index contributed by atoms with van der Waals surface area (Å²) >= 11 is 1.05. The van der Waals surface area contributed by atoms with Crippen LogP contribution in [0.25, 0.3) is 0 Å². The Morgan fingerprint density at radius 2 is 1.78 bits per heavy atom. The van der Waals surface area contributed by atoms with Crippen LogP contribution in [0.2, 0.25) is 0 Å². The number of nitrogens with one attached hydrogen (secondary N) is 1. The monoisotopic (exact) mass is 604 g/mol. The van der Waals surface area contributed by atoms with Gasteiger partial charge in [0.05, 0.1) is 41.9 Å². The fourth-order valence-electron chi connectivity index (χ4n) is 3.80. The number of hydrogen-bond acceptors (Lipinski definition) is 8. The van der Waals surface area contributed by atoms with Gasteiger partial charge in [0.15, 0.2) is 5.69 Å². The zero-order chi connectivity index (χ0) is 30.4. The minimum Gasteiger partial charge on any atom is -0.491 e. The zero-order valence-electron chi connectivity index (χ0n) is 22.9. The highest BCUT2D eigenvalue weighted by atomic mass is 32.1. The highest BCUT2D eigenvalue weighted by Crippen LogP contribution is 2.32. The van der Waals surface area contributed by atoms with E-state index in [-0.39, 0.29) is 30.8 Å². The average molecular weight is 605 g/mol. The van der Waals surface area contributed by atoms with E-state index in [0.717, 1.165) is 23.4 Å². The largest absolute Gasteiger partial charge is 0.491 e. The van der Waals surface area contributed by atoms with Gasteiger partial charge in [-0.3, -0.25) is 9.78 Å². The number of amides is 1. The molecule has 0 aliphatic heterocycles. The van der Waals surface area contributed by atoms with E-state index in [2.05, 4.69) is 19.7 Å². The van der Waals surface area contributed by atoms with Crippen molar-refractivity contribution in [2.45, 2.75) is 38.5 Å². The Morgan fingerprint density at radius 3 is 2.39 bits per heavy atom. The van der Waals surface area contributed by atoms with E-state index in [9.17, 15) is 31.1 Å². The quantitative estimate of drug-likeness (QED) is 0.206. The summed E-state index contributed by atoms with van der Waals surface area (Å²) in [7, 11) is 5.26. The van der Waals surface area contributed by atoms with Crippen LogP contribution in [0.3, 0.4) is 0 Å². The van der Waals surface area contributed by atoms with Gasteiger partial charge in [-0.25, -0.2) is 4.98 Å². The van der Waals surface area contributed by atoms with Crippen LogP contribution in [0.1, 0.15) is 45.2 Å². The third-order valence-electron chi connectivity index (χ3n) is 5.92. The molecular weight excluding hydrogens is 574 g/mol. The molecule has 0 saturated carbocycles. The van der Waals surface area contributed by atoms with Gasteiger partial charge in [-0.1, -0.05) is 0 Å². The molecule has 3 aromatic rings. The molecule has 0 unspecified atom stereocenters. The molecule has 0 saturated heterocycles. The molecular formula is C26H30F6N6O2S. The number of aryl methyl sites for hydroxylation is 1. The summed E-state index contributed by atoms with van der Waals surface area (Å²) in [5.41, 5.74) is 1.07. The van der Waals surface area contributed by atoms with Crippen LogP contribution in [0, 0.1) is 6.92 Å². The molecule has 1 amide bonds. The molecule has 15 heteroatoms. The van der Waals surface area contributed by atoms with Gasteiger partial charge < -0.3 is 19.9 Å². The summed E-state index contributed by atoms with van der Waals surface area (Å²) in [5.74, 6) is 0.0205. The highest BCUT2D eigenvalue weighted by molar-refractivity contribution is 7.06. The molecule has 1 aromatic carbocycles. The number of anilines is 2. The predicted octanol–water partition coefficient (Wildman–Crippen LogP) is 5.82. The molecule has 41 heavy (non-hydrogen) atoms. The Labute approximate surface area is 237 Å². The number of nitrogens with zero attached hydrogens (tertiary/aromatic N) is 5. The summed E-state index contributed by atoms with van der Waals surface area (Å²) in [6.07, 6.45) is -7.44. The lowest BCUT2D eigenvalue weighted by Crippen LogP contribution is -2.26. The molecule has 0 atom stereocenters. The van der Waals surface area contributed by atoms with Gasteiger partial charge in [-0.2, -0.15) is 30.7 Å². The number of alkyl halides is 6. The van der Waals surface area contributed by atoms with Gasteiger partial charge in [-0.15, -0.1) is 0 Å². The molecule has 2 heterocycles. The Bertz CT molecular complexity index is 1310. The number of halogens is 6. The van der Waals surface area contributed by atoms with Crippen LogP contribution < -0.4 is 15.0 Å². The van der Waals surface area contributed by atoms with Crippen LogP contribution in [-0.2, 0) is 12.6 Å². The van der Waals surface area contributed by atoms with Gasteiger partial charge in [0.1, 0.15) is 5.75 Å². The summed E-state index contributed by atoms with van der Waals surface area (Å²) in [5, 5.41) is 2.82.